The molecule has 1 aliphatic heterocycles. The fourth-order valence-electron chi connectivity index (χ4n) is 4.09. The van der Waals surface area contributed by atoms with Crippen LogP contribution < -0.4 is 5.32 Å². The summed E-state index contributed by atoms with van der Waals surface area (Å²) >= 11 is 5.85. The third-order valence-corrected chi connectivity index (χ3v) is 8.26. The van der Waals surface area contributed by atoms with Crippen LogP contribution in [0.25, 0.3) is 12.2 Å². The van der Waals surface area contributed by atoms with Crippen LogP contribution in [0.5, 0.6) is 0 Å². The van der Waals surface area contributed by atoms with E-state index < -0.39 is 15.9 Å². The van der Waals surface area contributed by atoms with E-state index in [0.717, 1.165) is 16.7 Å². The van der Waals surface area contributed by atoms with Crippen LogP contribution in [0.1, 0.15) is 41.0 Å². The fraction of sp³-hybridized carbons (Fsp3) is 0.320. The number of sulfonamides is 1. The molecule has 0 radical (unpaired) electrons. The highest BCUT2D eigenvalue weighted by Crippen LogP contribution is 2.30. The number of aryl methyl sites for hydroxylation is 3. The summed E-state index contributed by atoms with van der Waals surface area (Å²) in [5.74, 6) is -0.254. The molecule has 0 aliphatic carbocycles. The molecule has 1 N–H and O–H groups in total. The molecule has 1 atom stereocenters. The smallest absolute Gasteiger partial charge is 0.248 e. The second kappa shape index (κ2) is 10.3. The van der Waals surface area contributed by atoms with Crippen molar-refractivity contribution in [2.24, 2.45) is 5.92 Å². The molecule has 1 amide bonds. The van der Waals surface area contributed by atoms with E-state index in [1.54, 1.807) is 25.1 Å². The lowest BCUT2D eigenvalue weighted by molar-refractivity contribution is -0.120. The first-order chi connectivity index (χ1) is 16.6. The summed E-state index contributed by atoms with van der Waals surface area (Å²) < 4.78 is 34.0. The SMILES string of the molecule is Cc1ccc(C)c(/C=C/c2onc(C)c2S(=O)(=O)N2CCC[C@@H](C(=O)Nc3ccc(Cl)cn3)C2)c1. The first kappa shape index (κ1) is 25.1. The summed E-state index contributed by atoms with van der Waals surface area (Å²) in [6.45, 7) is 5.96. The average molecular weight is 515 g/mol. The molecule has 1 fully saturated rings. The fourth-order valence-corrected chi connectivity index (χ4v) is 5.97. The van der Waals surface area contributed by atoms with Gasteiger partial charge < -0.3 is 9.84 Å². The normalized spacial score (nSPS) is 17.1. The summed E-state index contributed by atoms with van der Waals surface area (Å²) in [5, 5.41) is 7.12. The van der Waals surface area contributed by atoms with Crippen molar-refractivity contribution in [2.75, 3.05) is 18.4 Å². The monoisotopic (exact) mass is 514 g/mol. The van der Waals surface area contributed by atoms with Crippen LogP contribution in [0.2, 0.25) is 5.02 Å². The van der Waals surface area contributed by atoms with Crippen molar-refractivity contribution < 1.29 is 17.7 Å². The zero-order chi connectivity index (χ0) is 25.2. The van der Waals surface area contributed by atoms with Gasteiger partial charge in [0.05, 0.1) is 10.9 Å². The molecule has 0 spiro atoms. The number of amides is 1. The minimum atomic E-state index is -3.93. The zero-order valence-electron chi connectivity index (χ0n) is 19.8. The molecule has 0 bridgehead atoms. The number of hydrogen-bond donors (Lipinski definition) is 1. The van der Waals surface area contributed by atoms with Gasteiger partial charge in [0.15, 0.2) is 10.7 Å². The molecule has 2 aromatic heterocycles. The quantitative estimate of drug-likeness (QED) is 0.503. The van der Waals surface area contributed by atoms with E-state index in [1.807, 2.05) is 38.1 Å². The van der Waals surface area contributed by atoms with Gasteiger partial charge >= 0.3 is 0 Å². The summed E-state index contributed by atoms with van der Waals surface area (Å²) in [4.78, 5) is 16.9. The predicted octanol–water partition coefficient (Wildman–Crippen LogP) is 4.86. The van der Waals surface area contributed by atoms with Crippen molar-refractivity contribution in [1.29, 1.82) is 0 Å². The van der Waals surface area contributed by atoms with Crippen LogP contribution >= 0.6 is 11.6 Å². The van der Waals surface area contributed by atoms with Crippen molar-refractivity contribution in [2.45, 2.75) is 38.5 Å². The van der Waals surface area contributed by atoms with Gasteiger partial charge in [-0.25, -0.2) is 13.4 Å². The van der Waals surface area contributed by atoms with E-state index in [9.17, 15) is 13.2 Å². The standard InChI is InChI=1S/C25H27ClN4O4S/c1-16-6-7-17(2)19(13-16)8-10-22-24(18(3)29-34-22)35(32,33)30-12-4-5-20(15-30)25(31)28-23-11-9-21(26)14-27-23/h6-11,13-14,20H,4-5,12,15H2,1-3H3,(H,27,28,31)/b10-8+/t20-/m1/s1. The molecule has 1 aromatic carbocycles. The number of nitrogens with one attached hydrogen (secondary N) is 1. The van der Waals surface area contributed by atoms with Crippen LogP contribution in [0.4, 0.5) is 5.82 Å². The number of hydrogen-bond acceptors (Lipinski definition) is 6. The lowest BCUT2D eigenvalue weighted by Gasteiger charge is -2.31. The molecule has 10 heteroatoms. The van der Waals surface area contributed by atoms with Crippen LogP contribution in [0.3, 0.4) is 0 Å². The van der Waals surface area contributed by atoms with Gasteiger partial charge in [-0.1, -0.05) is 46.6 Å². The maximum atomic E-state index is 13.6. The Morgan fingerprint density at radius 1 is 1.20 bits per heavy atom. The number of aromatic nitrogens is 2. The maximum absolute atomic E-state index is 13.6. The summed E-state index contributed by atoms with van der Waals surface area (Å²) in [5.41, 5.74) is 3.41. The first-order valence-electron chi connectivity index (χ1n) is 11.3. The first-order valence-corrected chi connectivity index (χ1v) is 13.1. The summed E-state index contributed by atoms with van der Waals surface area (Å²) in [6, 6.07) is 9.28. The summed E-state index contributed by atoms with van der Waals surface area (Å²) in [6.07, 6.45) is 6.04. The molecule has 3 heterocycles. The molecular weight excluding hydrogens is 488 g/mol. The zero-order valence-corrected chi connectivity index (χ0v) is 21.4. The largest absolute Gasteiger partial charge is 0.355 e. The van der Waals surface area contributed by atoms with Crippen LogP contribution in [0, 0.1) is 26.7 Å². The van der Waals surface area contributed by atoms with Crippen LogP contribution in [0.15, 0.2) is 45.9 Å². The number of benzene rings is 1. The van der Waals surface area contributed by atoms with Crippen LogP contribution in [-0.2, 0) is 14.8 Å². The molecule has 0 saturated carbocycles. The topological polar surface area (TPSA) is 105 Å². The van der Waals surface area contributed by atoms with Gasteiger partial charge in [0.1, 0.15) is 11.5 Å². The Bertz CT molecular complexity index is 1370. The second-order valence-corrected chi connectivity index (χ2v) is 11.0. The summed E-state index contributed by atoms with van der Waals surface area (Å²) in [7, 11) is -3.93. The van der Waals surface area contributed by atoms with Crippen molar-refractivity contribution in [1.82, 2.24) is 14.4 Å². The number of pyridine rings is 1. The van der Waals surface area contributed by atoms with Gasteiger partial charge in [-0.05, 0) is 62.9 Å². The van der Waals surface area contributed by atoms with Gasteiger partial charge in [-0.2, -0.15) is 4.31 Å². The highest BCUT2D eigenvalue weighted by molar-refractivity contribution is 7.89. The van der Waals surface area contributed by atoms with Gasteiger partial charge in [0.2, 0.25) is 15.9 Å². The second-order valence-electron chi connectivity index (χ2n) is 8.71. The van der Waals surface area contributed by atoms with E-state index in [-0.39, 0.29) is 28.8 Å². The molecule has 1 saturated heterocycles. The maximum Gasteiger partial charge on any atom is 0.248 e. The molecule has 4 rings (SSSR count). The van der Waals surface area contributed by atoms with Gasteiger partial charge in [-0.15, -0.1) is 0 Å². The van der Waals surface area contributed by atoms with Gasteiger partial charge in [-0.3, -0.25) is 4.79 Å². The van der Waals surface area contributed by atoms with Crippen molar-refractivity contribution in [3.63, 3.8) is 0 Å². The number of carbonyl (C=O) groups excluding carboxylic acids is 1. The van der Waals surface area contributed by atoms with Crippen LogP contribution in [-0.4, -0.2) is 41.9 Å². The Balaban J connectivity index is 1.55. The molecular formula is C25H27ClN4O4S. The molecule has 0 unspecified atom stereocenters. The number of halogens is 1. The number of anilines is 1. The van der Waals surface area contributed by atoms with E-state index in [1.165, 1.54) is 10.5 Å². The van der Waals surface area contributed by atoms with E-state index >= 15 is 0 Å². The van der Waals surface area contributed by atoms with E-state index in [2.05, 4.69) is 15.5 Å². The Labute approximate surface area is 210 Å². The van der Waals surface area contributed by atoms with Crippen molar-refractivity contribution >= 4 is 45.5 Å². The number of carbonyl (C=O) groups is 1. The van der Waals surface area contributed by atoms with E-state index in [4.69, 9.17) is 16.1 Å². The highest BCUT2D eigenvalue weighted by atomic mass is 35.5. The number of nitrogens with zero attached hydrogens (tertiary/aromatic N) is 3. The van der Waals surface area contributed by atoms with Gasteiger partial charge in [0.25, 0.3) is 0 Å². The molecule has 3 aromatic rings. The Morgan fingerprint density at radius 3 is 2.74 bits per heavy atom. The molecule has 35 heavy (non-hydrogen) atoms. The third kappa shape index (κ3) is 5.63. The van der Waals surface area contributed by atoms with Crippen molar-refractivity contribution in [3.05, 3.63) is 69.7 Å². The number of piperidine rings is 1. The van der Waals surface area contributed by atoms with Crippen molar-refractivity contribution in [3.8, 4) is 0 Å². The van der Waals surface area contributed by atoms with Gasteiger partial charge in [0, 0.05) is 19.3 Å². The average Bonchev–Trinajstić information content (AvgIpc) is 3.22. The Hall–Kier alpha value is -3.01. The Morgan fingerprint density at radius 2 is 2.00 bits per heavy atom. The minimum absolute atomic E-state index is 0.0273. The number of rotatable bonds is 6. The predicted molar refractivity (Wildman–Crippen MR) is 135 cm³/mol. The molecule has 1 aliphatic rings. The lowest BCUT2D eigenvalue weighted by Crippen LogP contribution is -2.44. The minimum Gasteiger partial charge on any atom is -0.355 e. The third-order valence-electron chi connectivity index (χ3n) is 6.01. The van der Waals surface area contributed by atoms with E-state index in [0.29, 0.717) is 30.2 Å². The molecule has 8 nitrogen and oxygen atoms in total. The molecule has 184 valence electrons. The Kier molecular flexibility index (Phi) is 7.39. The highest BCUT2D eigenvalue weighted by Gasteiger charge is 2.37. The lowest BCUT2D eigenvalue weighted by atomic mass is 9.99.